The van der Waals surface area contributed by atoms with E-state index in [2.05, 4.69) is 20.3 Å². The lowest BCUT2D eigenvalue weighted by atomic mass is 10.1. The van der Waals surface area contributed by atoms with Gasteiger partial charge in [-0.15, -0.1) is 0 Å². The summed E-state index contributed by atoms with van der Waals surface area (Å²) in [5, 5.41) is 2.67. The third kappa shape index (κ3) is 5.08. The molecular weight excluding hydrogens is 404 g/mol. The van der Waals surface area contributed by atoms with Gasteiger partial charge in [0.15, 0.2) is 0 Å². The Hall–Kier alpha value is -4.14. The molecule has 7 nitrogen and oxygen atoms in total. The smallest absolute Gasteiger partial charge is 0.228 e. The topological polar surface area (TPSA) is 81.9 Å². The molecule has 1 amide bonds. The van der Waals surface area contributed by atoms with Crippen LogP contribution in [0.3, 0.4) is 0 Å². The highest BCUT2D eigenvalue weighted by Gasteiger charge is 2.10. The fourth-order valence-electron chi connectivity index (χ4n) is 2.87. The first-order chi connectivity index (χ1) is 15.0. The summed E-state index contributed by atoms with van der Waals surface area (Å²) in [6.07, 6.45) is 4.83. The van der Waals surface area contributed by atoms with Crippen molar-refractivity contribution in [2.45, 2.75) is 13.3 Å². The normalized spacial score (nSPS) is 10.7. The number of rotatable bonds is 6. The molecule has 0 aliphatic heterocycles. The summed E-state index contributed by atoms with van der Waals surface area (Å²) in [4.78, 5) is 24.8. The van der Waals surface area contributed by atoms with Crippen LogP contribution in [0.4, 0.5) is 14.5 Å². The van der Waals surface area contributed by atoms with Gasteiger partial charge in [-0.05, 0) is 42.8 Å². The van der Waals surface area contributed by atoms with Gasteiger partial charge in [-0.2, -0.15) is 4.98 Å². The summed E-state index contributed by atoms with van der Waals surface area (Å²) < 4.78 is 34.2. The Morgan fingerprint density at radius 2 is 1.90 bits per heavy atom. The van der Waals surface area contributed by atoms with E-state index in [0.717, 1.165) is 12.1 Å². The fraction of sp³-hybridized carbons (Fsp3) is 0.0909. The van der Waals surface area contributed by atoms with E-state index in [-0.39, 0.29) is 12.0 Å². The van der Waals surface area contributed by atoms with Gasteiger partial charge in [0.1, 0.15) is 35.4 Å². The molecule has 0 radical (unpaired) electrons. The van der Waals surface area contributed by atoms with Crippen molar-refractivity contribution in [3.63, 3.8) is 0 Å². The number of nitrogens with one attached hydrogen (secondary N) is 1. The van der Waals surface area contributed by atoms with E-state index < -0.39 is 17.5 Å². The zero-order chi connectivity index (χ0) is 21.8. The highest BCUT2D eigenvalue weighted by atomic mass is 19.1. The zero-order valence-corrected chi connectivity index (χ0v) is 16.4. The number of aryl methyl sites for hydroxylation is 1. The first-order valence-corrected chi connectivity index (χ1v) is 9.32. The second-order valence-corrected chi connectivity index (χ2v) is 6.67. The van der Waals surface area contributed by atoms with Crippen LogP contribution >= 0.6 is 0 Å². The van der Waals surface area contributed by atoms with Crippen LogP contribution in [0, 0.1) is 18.6 Å². The van der Waals surface area contributed by atoms with Crippen LogP contribution in [0.25, 0.3) is 5.82 Å². The number of aromatic nitrogens is 4. The van der Waals surface area contributed by atoms with E-state index in [1.165, 1.54) is 6.07 Å². The maximum absolute atomic E-state index is 13.7. The molecule has 0 atom stereocenters. The lowest BCUT2D eigenvalue weighted by Crippen LogP contribution is -2.15. The maximum Gasteiger partial charge on any atom is 0.228 e. The minimum Gasteiger partial charge on any atom is -0.439 e. The number of carbonyl (C=O) groups is 1. The number of benzene rings is 2. The third-order valence-corrected chi connectivity index (χ3v) is 4.30. The zero-order valence-electron chi connectivity index (χ0n) is 16.4. The first-order valence-electron chi connectivity index (χ1n) is 9.32. The molecule has 4 rings (SSSR count). The van der Waals surface area contributed by atoms with Gasteiger partial charge in [0.2, 0.25) is 11.8 Å². The van der Waals surface area contributed by atoms with E-state index in [4.69, 9.17) is 4.74 Å². The predicted molar refractivity (Wildman–Crippen MR) is 109 cm³/mol. The summed E-state index contributed by atoms with van der Waals surface area (Å²) in [7, 11) is 0. The molecule has 0 spiro atoms. The van der Waals surface area contributed by atoms with Crippen molar-refractivity contribution in [1.82, 2.24) is 19.5 Å². The van der Waals surface area contributed by atoms with Crippen LogP contribution in [-0.2, 0) is 11.2 Å². The van der Waals surface area contributed by atoms with E-state index in [0.29, 0.717) is 29.0 Å². The molecule has 156 valence electrons. The van der Waals surface area contributed by atoms with Gasteiger partial charge in [-0.1, -0.05) is 6.07 Å². The number of amides is 1. The van der Waals surface area contributed by atoms with Gasteiger partial charge in [0.25, 0.3) is 0 Å². The van der Waals surface area contributed by atoms with E-state index >= 15 is 0 Å². The third-order valence-electron chi connectivity index (χ3n) is 4.30. The van der Waals surface area contributed by atoms with Gasteiger partial charge >= 0.3 is 0 Å². The fourth-order valence-corrected chi connectivity index (χ4v) is 2.87. The number of carbonyl (C=O) groups excluding carboxylic acids is 1. The largest absolute Gasteiger partial charge is 0.439 e. The van der Waals surface area contributed by atoms with Crippen LogP contribution in [0.1, 0.15) is 11.4 Å². The van der Waals surface area contributed by atoms with Gasteiger partial charge in [0.05, 0.1) is 6.42 Å². The van der Waals surface area contributed by atoms with Gasteiger partial charge in [0, 0.05) is 30.2 Å². The molecule has 31 heavy (non-hydrogen) atoms. The SMILES string of the molecule is Cc1nc(Oc2ccc(NC(=O)Cc3ccc(F)cc3F)cc2)cc(-n2ccnc2)n1. The minimum atomic E-state index is -0.755. The Bertz CT molecular complexity index is 1210. The average molecular weight is 421 g/mol. The molecule has 1 N–H and O–H groups in total. The van der Waals surface area contributed by atoms with Crippen molar-refractivity contribution in [3.8, 4) is 17.4 Å². The number of hydrogen-bond donors (Lipinski definition) is 1. The van der Waals surface area contributed by atoms with Crippen molar-refractivity contribution in [2.75, 3.05) is 5.32 Å². The molecule has 0 fully saturated rings. The molecule has 2 aromatic carbocycles. The number of imidazole rings is 1. The number of anilines is 1. The molecule has 0 saturated heterocycles. The average Bonchev–Trinajstić information content (AvgIpc) is 3.26. The molecule has 9 heteroatoms. The molecule has 0 bridgehead atoms. The maximum atomic E-state index is 13.7. The quantitative estimate of drug-likeness (QED) is 0.504. The summed E-state index contributed by atoms with van der Waals surface area (Å²) >= 11 is 0. The molecular formula is C22H17F2N5O2. The molecule has 0 unspecified atom stereocenters. The predicted octanol–water partition coefficient (Wildman–Crippen LogP) is 4.22. The Labute approximate surface area is 176 Å². The molecule has 0 saturated carbocycles. The van der Waals surface area contributed by atoms with Gasteiger partial charge in [-0.25, -0.2) is 18.7 Å². The minimum absolute atomic E-state index is 0.117. The van der Waals surface area contributed by atoms with Crippen molar-refractivity contribution >= 4 is 11.6 Å². The molecule has 0 aliphatic carbocycles. The van der Waals surface area contributed by atoms with Crippen LogP contribution in [0.5, 0.6) is 11.6 Å². The number of hydrogen-bond acceptors (Lipinski definition) is 5. The van der Waals surface area contributed by atoms with Crippen molar-refractivity contribution < 1.29 is 18.3 Å². The van der Waals surface area contributed by atoms with Gasteiger partial charge in [-0.3, -0.25) is 9.36 Å². The van der Waals surface area contributed by atoms with E-state index in [1.807, 2.05) is 0 Å². The lowest BCUT2D eigenvalue weighted by molar-refractivity contribution is -0.115. The van der Waals surface area contributed by atoms with E-state index in [9.17, 15) is 13.6 Å². The monoisotopic (exact) mass is 421 g/mol. The van der Waals surface area contributed by atoms with Crippen LogP contribution in [-0.4, -0.2) is 25.4 Å². The van der Waals surface area contributed by atoms with Crippen LogP contribution in [0.15, 0.2) is 67.3 Å². The van der Waals surface area contributed by atoms with Crippen LogP contribution < -0.4 is 10.1 Å². The number of nitrogens with zero attached hydrogens (tertiary/aromatic N) is 4. The summed E-state index contributed by atoms with van der Waals surface area (Å²) in [6, 6.07) is 11.4. The molecule has 2 aromatic heterocycles. The second kappa shape index (κ2) is 8.70. The van der Waals surface area contributed by atoms with Crippen molar-refractivity contribution in [2.24, 2.45) is 0 Å². The Kier molecular flexibility index (Phi) is 5.65. The van der Waals surface area contributed by atoms with Crippen molar-refractivity contribution in [1.29, 1.82) is 0 Å². The lowest BCUT2D eigenvalue weighted by Gasteiger charge is -2.10. The second-order valence-electron chi connectivity index (χ2n) is 6.67. The Balaban J connectivity index is 1.41. The summed E-state index contributed by atoms with van der Waals surface area (Å²) in [5.74, 6) is 0.171. The van der Waals surface area contributed by atoms with Crippen LogP contribution in [0.2, 0.25) is 0 Å². The highest BCUT2D eigenvalue weighted by Crippen LogP contribution is 2.23. The molecule has 0 aliphatic rings. The molecule has 4 aromatic rings. The molecule has 2 heterocycles. The summed E-state index contributed by atoms with van der Waals surface area (Å²) in [5.41, 5.74) is 0.629. The Morgan fingerprint density at radius 1 is 1.10 bits per heavy atom. The standard InChI is InChI=1S/C22H17F2N5O2/c1-14-26-20(29-9-8-25-13-29)12-22(27-14)31-18-6-4-17(5-7-18)28-21(30)10-15-2-3-16(23)11-19(15)24/h2-9,11-13H,10H2,1H3,(H,28,30). The first kappa shape index (κ1) is 20.1. The number of ether oxygens (including phenoxy) is 1. The van der Waals surface area contributed by atoms with E-state index in [1.54, 1.807) is 60.5 Å². The van der Waals surface area contributed by atoms with Crippen molar-refractivity contribution in [3.05, 3.63) is 90.3 Å². The Morgan fingerprint density at radius 3 is 2.61 bits per heavy atom. The summed E-state index contributed by atoms with van der Waals surface area (Å²) in [6.45, 7) is 1.76. The highest BCUT2D eigenvalue weighted by molar-refractivity contribution is 5.92. The van der Waals surface area contributed by atoms with Gasteiger partial charge < -0.3 is 10.1 Å². The number of halogens is 2.